The molecule has 2 aliphatic heterocycles. The quantitative estimate of drug-likeness (QED) is 0.397. The first kappa shape index (κ1) is 26.4. The Labute approximate surface area is 209 Å². The van der Waals surface area contributed by atoms with Gasteiger partial charge in [-0.2, -0.15) is 13.2 Å². The molecule has 36 heavy (non-hydrogen) atoms. The number of alkyl halides is 3. The number of esters is 1. The predicted octanol–water partition coefficient (Wildman–Crippen LogP) is 4.81. The Hall–Kier alpha value is -2.65. The van der Waals surface area contributed by atoms with E-state index in [4.69, 9.17) is 4.74 Å². The molecule has 5 nitrogen and oxygen atoms in total. The van der Waals surface area contributed by atoms with E-state index >= 15 is 0 Å². The zero-order valence-corrected chi connectivity index (χ0v) is 20.5. The Kier molecular flexibility index (Phi) is 8.51. The van der Waals surface area contributed by atoms with Crippen LogP contribution in [0.3, 0.4) is 0 Å². The van der Waals surface area contributed by atoms with Gasteiger partial charge in [-0.05, 0) is 61.2 Å². The second-order valence-electron chi connectivity index (χ2n) is 9.66. The number of piperazine rings is 1. The van der Waals surface area contributed by atoms with E-state index in [1.54, 1.807) is 18.2 Å². The minimum absolute atomic E-state index is 0.223. The first-order valence-electron chi connectivity index (χ1n) is 12.4. The van der Waals surface area contributed by atoms with E-state index in [9.17, 15) is 22.4 Å². The summed E-state index contributed by atoms with van der Waals surface area (Å²) >= 11 is 0. The number of hydrogen-bond donors (Lipinski definition) is 0. The summed E-state index contributed by atoms with van der Waals surface area (Å²) in [6, 6.07) is 12.4. The Morgan fingerprint density at radius 3 is 2.42 bits per heavy atom. The topological polar surface area (TPSA) is 36.0 Å². The number of benzene rings is 2. The maximum absolute atomic E-state index is 13.3. The maximum atomic E-state index is 13.3. The Morgan fingerprint density at radius 1 is 1.03 bits per heavy atom. The number of hydrogen-bond acceptors (Lipinski definition) is 5. The fraction of sp³-hybridized carbons (Fsp3) is 0.519. The first-order chi connectivity index (χ1) is 17.2. The van der Waals surface area contributed by atoms with E-state index in [0.29, 0.717) is 37.7 Å². The highest BCUT2D eigenvalue weighted by Crippen LogP contribution is 2.33. The molecule has 2 heterocycles. The zero-order chi connectivity index (χ0) is 25.7. The third kappa shape index (κ3) is 6.76. The van der Waals surface area contributed by atoms with E-state index in [-0.39, 0.29) is 17.7 Å². The summed E-state index contributed by atoms with van der Waals surface area (Å²) in [6.45, 7) is 5.27. The monoisotopic (exact) mass is 507 g/mol. The lowest BCUT2D eigenvalue weighted by Crippen LogP contribution is -2.56. The van der Waals surface area contributed by atoms with Crippen LogP contribution in [0, 0.1) is 11.7 Å². The van der Waals surface area contributed by atoms with Crippen LogP contribution in [0.1, 0.15) is 30.4 Å². The van der Waals surface area contributed by atoms with Crippen molar-refractivity contribution < 1.29 is 27.1 Å². The minimum atomic E-state index is -4.35. The highest BCUT2D eigenvalue weighted by atomic mass is 19.4. The van der Waals surface area contributed by atoms with Gasteiger partial charge in [0.15, 0.2) is 0 Å². The number of likely N-dealkylation sites (tertiary alicyclic amines) is 1. The van der Waals surface area contributed by atoms with Crippen molar-refractivity contribution >= 4 is 11.7 Å². The number of nitrogens with zero attached hydrogens (tertiary/aromatic N) is 3. The molecule has 2 aromatic carbocycles. The lowest BCUT2D eigenvalue weighted by atomic mass is 9.86. The van der Waals surface area contributed by atoms with Gasteiger partial charge in [0, 0.05) is 57.4 Å². The second-order valence-corrected chi connectivity index (χ2v) is 9.66. The number of carbonyl (C=O) groups excluding carboxylic acids is 1. The molecule has 0 aliphatic carbocycles. The standard InChI is InChI=1S/C27H33F4N3O2/c1-36-26(35)10-7-21-19-32(18-20-5-8-23(28)9-6-20)12-11-25(21)34-15-13-33(14-16-34)24-4-2-3-22(17-24)27(29,30)31/h2-6,8-9,17,21,25H,7,10-16,18-19H2,1H3/t21-,25+/m0/s1. The number of ether oxygens (including phenoxy) is 1. The molecule has 0 spiro atoms. The third-order valence-corrected chi connectivity index (χ3v) is 7.37. The van der Waals surface area contributed by atoms with Crippen molar-refractivity contribution in [3.05, 3.63) is 65.5 Å². The predicted molar refractivity (Wildman–Crippen MR) is 130 cm³/mol. The van der Waals surface area contributed by atoms with Crippen LogP contribution in [0.25, 0.3) is 0 Å². The van der Waals surface area contributed by atoms with E-state index in [0.717, 1.165) is 50.8 Å². The highest BCUT2D eigenvalue weighted by Gasteiger charge is 2.35. The van der Waals surface area contributed by atoms with Gasteiger partial charge in [-0.25, -0.2) is 4.39 Å². The molecule has 0 saturated carbocycles. The number of anilines is 1. The van der Waals surface area contributed by atoms with Crippen LogP contribution in [0.4, 0.5) is 23.2 Å². The summed E-state index contributed by atoms with van der Waals surface area (Å²) in [6.07, 6.45) is -2.35. The molecular weight excluding hydrogens is 474 g/mol. The molecule has 2 aliphatic rings. The van der Waals surface area contributed by atoms with Crippen molar-refractivity contribution in [2.24, 2.45) is 5.92 Å². The summed E-state index contributed by atoms with van der Waals surface area (Å²) < 4.78 is 57.6. The van der Waals surface area contributed by atoms with Gasteiger partial charge in [-0.3, -0.25) is 14.6 Å². The van der Waals surface area contributed by atoms with Gasteiger partial charge in [0.25, 0.3) is 0 Å². The summed E-state index contributed by atoms with van der Waals surface area (Å²) in [5.41, 5.74) is 1.02. The Bertz CT molecular complexity index is 1010. The van der Waals surface area contributed by atoms with Gasteiger partial charge in [-0.15, -0.1) is 0 Å². The maximum Gasteiger partial charge on any atom is 0.416 e. The molecule has 9 heteroatoms. The van der Waals surface area contributed by atoms with Crippen molar-refractivity contribution in [2.75, 3.05) is 51.3 Å². The Balaban J connectivity index is 1.39. The molecule has 4 rings (SSSR count). The minimum Gasteiger partial charge on any atom is -0.469 e. The van der Waals surface area contributed by atoms with Gasteiger partial charge < -0.3 is 9.64 Å². The fourth-order valence-electron chi connectivity index (χ4n) is 5.45. The van der Waals surface area contributed by atoms with Gasteiger partial charge in [0.1, 0.15) is 5.82 Å². The average molecular weight is 508 g/mol. The van der Waals surface area contributed by atoms with Crippen LogP contribution < -0.4 is 4.90 Å². The first-order valence-corrected chi connectivity index (χ1v) is 12.4. The molecule has 2 saturated heterocycles. The van der Waals surface area contributed by atoms with Crippen LogP contribution in [0.5, 0.6) is 0 Å². The Morgan fingerprint density at radius 2 is 1.75 bits per heavy atom. The third-order valence-electron chi connectivity index (χ3n) is 7.37. The molecule has 0 amide bonds. The smallest absolute Gasteiger partial charge is 0.416 e. The number of halogens is 4. The van der Waals surface area contributed by atoms with Crippen LogP contribution in [0.15, 0.2) is 48.5 Å². The van der Waals surface area contributed by atoms with E-state index < -0.39 is 11.7 Å². The number of rotatable bonds is 7. The second kappa shape index (κ2) is 11.6. The molecular formula is C27H33F4N3O2. The number of carbonyl (C=O) groups is 1. The molecule has 0 N–H and O–H groups in total. The average Bonchev–Trinajstić information content (AvgIpc) is 2.88. The molecule has 2 aromatic rings. The highest BCUT2D eigenvalue weighted by molar-refractivity contribution is 5.69. The number of methoxy groups -OCH3 is 1. The summed E-state index contributed by atoms with van der Waals surface area (Å²) in [4.78, 5) is 18.7. The largest absolute Gasteiger partial charge is 0.469 e. The van der Waals surface area contributed by atoms with Gasteiger partial charge >= 0.3 is 12.1 Å². The molecule has 2 fully saturated rings. The van der Waals surface area contributed by atoms with Crippen molar-refractivity contribution in [1.29, 1.82) is 0 Å². The van der Waals surface area contributed by atoms with Crippen molar-refractivity contribution in [3.63, 3.8) is 0 Å². The summed E-state index contributed by atoms with van der Waals surface area (Å²) in [7, 11) is 1.40. The van der Waals surface area contributed by atoms with E-state index in [2.05, 4.69) is 9.80 Å². The molecule has 0 aromatic heterocycles. The summed E-state index contributed by atoms with van der Waals surface area (Å²) in [5.74, 6) is -0.213. The molecule has 2 atom stereocenters. The number of piperidine rings is 1. The van der Waals surface area contributed by atoms with Gasteiger partial charge in [0.2, 0.25) is 0 Å². The fourth-order valence-corrected chi connectivity index (χ4v) is 5.45. The van der Waals surface area contributed by atoms with E-state index in [1.807, 2.05) is 4.90 Å². The van der Waals surface area contributed by atoms with Crippen LogP contribution in [-0.2, 0) is 22.3 Å². The van der Waals surface area contributed by atoms with Crippen molar-refractivity contribution in [1.82, 2.24) is 9.80 Å². The van der Waals surface area contributed by atoms with Gasteiger partial charge in [-0.1, -0.05) is 18.2 Å². The zero-order valence-electron chi connectivity index (χ0n) is 20.5. The van der Waals surface area contributed by atoms with Gasteiger partial charge in [0.05, 0.1) is 12.7 Å². The lowest BCUT2D eigenvalue weighted by molar-refractivity contribution is -0.141. The normalized spacial score (nSPS) is 22.0. The molecule has 0 bridgehead atoms. The van der Waals surface area contributed by atoms with E-state index in [1.165, 1.54) is 31.4 Å². The van der Waals surface area contributed by atoms with Crippen molar-refractivity contribution in [3.8, 4) is 0 Å². The summed E-state index contributed by atoms with van der Waals surface area (Å²) in [5, 5.41) is 0. The van der Waals surface area contributed by atoms with Crippen LogP contribution >= 0.6 is 0 Å². The molecule has 0 radical (unpaired) electrons. The molecule has 0 unspecified atom stereocenters. The SMILES string of the molecule is COC(=O)CC[C@H]1CN(Cc2ccc(F)cc2)CC[C@H]1N1CCN(c2cccc(C(F)(F)F)c2)CC1. The van der Waals surface area contributed by atoms with Crippen molar-refractivity contribution in [2.45, 2.75) is 38.0 Å². The molecule has 196 valence electrons. The van der Waals surface area contributed by atoms with Crippen LogP contribution in [0.2, 0.25) is 0 Å². The lowest BCUT2D eigenvalue weighted by Gasteiger charge is -2.47. The van der Waals surface area contributed by atoms with Crippen LogP contribution in [-0.4, -0.2) is 68.2 Å².